The number of halogens is 1. The zero-order valence-corrected chi connectivity index (χ0v) is 9.41. The summed E-state index contributed by atoms with van der Waals surface area (Å²) < 4.78 is 6.01. The topological polar surface area (TPSA) is 67.5 Å². The molecule has 14 heavy (non-hydrogen) atoms. The molecule has 1 unspecified atom stereocenters. The van der Waals surface area contributed by atoms with Gasteiger partial charge in [0.25, 0.3) is 0 Å². The number of ether oxygens (including phenoxy) is 1. The van der Waals surface area contributed by atoms with Gasteiger partial charge in [-0.3, -0.25) is 11.3 Å². The fraction of sp³-hybridized carbons (Fsp3) is 0.333. The molecular formula is C9H13BrN2O2. The van der Waals surface area contributed by atoms with E-state index in [1.54, 1.807) is 19.2 Å². The van der Waals surface area contributed by atoms with Crippen LogP contribution in [0.1, 0.15) is 11.7 Å². The molecule has 1 aromatic carbocycles. The summed E-state index contributed by atoms with van der Waals surface area (Å²) in [7, 11) is 1.56. The first kappa shape index (κ1) is 11.5. The van der Waals surface area contributed by atoms with Crippen LogP contribution < -0.4 is 16.0 Å². The molecule has 1 rings (SSSR count). The molecule has 0 heterocycles. The molecule has 4 nitrogen and oxygen atoms in total. The van der Waals surface area contributed by atoms with Gasteiger partial charge < -0.3 is 9.84 Å². The van der Waals surface area contributed by atoms with Crippen LogP contribution in [0.4, 0.5) is 0 Å². The molecule has 0 aliphatic heterocycles. The molecule has 0 bridgehead atoms. The molecule has 0 radical (unpaired) electrons. The monoisotopic (exact) mass is 260 g/mol. The second-order valence-corrected chi connectivity index (χ2v) is 3.73. The zero-order valence-electron chi connectivity index (χ0n) is 7.83. The Morgan fingerprint density at radius 2 is 2.36 bits per heavy atom. The molecule has 5 heteroatoms. The van der Waals surface area contributed by atoms with Crippen molar-refractivity contribution in [2.45, 2.75) is 6.10 Å². The number of hydrazine groups is 1. The van der Waals surface area contributed by atoms with E-state index in [0.717, 1.165) is 4.47 Å². The number of aliphatic hydroxyl groups is 1. The number of benzene rings is 1. The summed E-state index contributed by atoms with van der Waals surface area (Å²) in [5, 5.41) is 9.71. The lowest BCUT2D eigenvalue weighted by Gasteiger charge is -2.14. The van der Waals surface area contributed by atoms with Gasteiger partial charge in [0.2, 0.25) is 0 Å². The largest absolute Gasteiger partial charge is 0.496 e. The van der Waals surface area contributed by atoms with Crippen LogP contribution in [0.25, 0.3) is 0 Å². The van der Waals surface area contributed by atoms with Crippen LogP contribution in [0.3, 0.4) is 0 Å². The predicted molar refractivity (Wildman–Crippen MR) is 57.8 cm³/mol. The lowest BCUT2D eigenvalue weighted by molar-refractivity contribution is 0.171. The first-order valence-electron chi connectivity index (χ1n) is 4.14. The Morgan fingerprint density at radius 1 is 1.64 bits per heavy atom. The molecule has 1 atom stereocenters. The highest BCUT2D eigenvalue weighted by Gasteiger charge is 2.12. The fourth-order valence-corrected chi connectivity index (χ4v) is 1.57. The standard InChI is InChI=1S/C9H13BrN2O2/c1-14-9-3-2-6(10)4-7(9)8(13)5-12-11/h2-4,8,12-13H,5,11H2,1H3. The van der Waals surface area contributed by atoms with E-state index < -0.39 is 6.10 Å². The van der Waals surface area contributed by atoms with Crippen LogP contribution in [-0.2, 0) is 0 Å². The van der Waals surface area contributed by atoms with Crippen LogP contribution in [0.2, 0.25) is 0 Å². The maximum Gasteiger partial charge on any atom is 0.124 e. The smallest absolute Gasteiger partial charge is 0.124 e. The number of nitrogens with one attached hydrogen (secondary N) is 1. The second-order valence-electron chi connectivity index (χ2n) is 2.81. The summed E-state index contributed by atoms with van der Waals surface area (Å²) >= 11 is 3.33. The number of nitrogens with two attached hydrogens (primary N) is 1. The molecule has 0 aromatic heterocycles. The lowest BCUT2D eigenvalue weighted by atomic mass is 10.1. The highest BCUT2D eigenvalue weighted by atomic mass is 79.9. The molecule has 1 aromatic rings. The van der Waals surface area contributed by atoms with Crippen molar-refractivity contribution in [3.63, 3.8) is 0 Å². The number of hydrogen-bond acceptors (Lipinski definition) is 4. The molecule has 0 aliphatic rings. The normalized spacial score (nSPS) is 12.6. The number of aliphatic hydroxyl groups excluding tert-OH is 1. The summed E-state index contributed by atoms with van der Waals surface area (Å²) in [6.07, 6.45) is -0.674. The highest BCUT2D eigenvalue weighted by molar-refractivity contribution is 9.10. The van der Waals surface area contributed by atoms with Crippen LogP contribution in [0, 0.1) is 0 Å². The van der Waals surface area contributed by atoms with Gasteiger partial charge in [-0.2, -0.15) is 0 Å². The lowest BCUT2D eigenvalue weighted by Crippen LogP contribution is -2.27. The van der Waals surface area contributed by atoms with E-state index in [9.17, 15) is 5.11 Å². The van der Waals surface area contributed by atoms with Crippen LogP contribution in [0.15, 0.2) is 22.7 Å². The van der Waals surface area contributed by atoms with E-state index in [0.29, 0.717) is 11.3 Å². The molecule has 4 N–H and O–H groups in total. The van der Waals surface area contributed by atoms with Gasteiger partial charge >= 0.3 is 0 Å². The Hall–Kier alpha value is -0.620. The first-order valence-corrected chi connectivity index (χ1v) is 4.93. The SMILES string of the molecule is COc1ccc(Br)cc1C(O)CNN. The number of rotatable bonds is 4. The Balaban J connectivity index is 2.97. The molecule has 0 saturated carbocycles. The van der Waals surface area contributed by atoms with Crippen molar-refractivity contribution in [2.75, 3.05) is 13.7 Å². The van der Waals surface area contributed by atoms with Gasteiger partial charge in [-0.05, 0) is 18.2 Å². The summed E-state index contributed by atoms with van der Waals surface area (Å²) in [4.78, 5) is 0. The average molecular weight is 261 g/mol. The molecule has 0 spiro atoms. The third-order valence-electron chi connectivity index (χ3n) is 1.86. The van der Waals surface area contributed by atoms with E-state index in [1.807, 2.05) is 6.07 Å². The van der Waals surface area contributed by atoms with Gasteiger partial charge in [0.1, 0.15) is 5.75 Å². The minimum atomic E-state index is -0.674. The van der Waals surface area contributed by atoms with Gasteiger partial charge in [-0.15, -0.1) is 0 Å². The average Bonchev–Trinajstić information content (AvgIpc) is 2.18. The summed E-state index contributed by atoms with van der Waals surface area (Å²) in [5.41, 5.74) is 3.12. The van der Waals surface area contributed by atoms with E-state index in [4.69, 9.17) is 10.6 Å². The van der Waals surface area contributed by atoms with E-state index in [1.165, 1.54) is 0 Å². The molecule has 0 amide bonds. The summed E-state index contributed by atoms with van der Waals surface area (Å²) in [6, 6.07) is 5.45. The van der Waals surface area contributed by atoms with Crippen molar-refractivity contribution in [2.24, 2.45) is 5.84 Å². The van der Waals surface area contributed by atoms with E-state index >= 15 is 0 Å². The van der Waals surface area contributed by atoms with Crippen molar-refractivity contribution in [1.29, 1.82) is 0 Å². The minimum Gasteiger partial charge on any atom is -0.496 e. The van der Waals surface area contributed by atoms with Gasteiger partial charge in [0.15, 0.2) is 0 Å². The maximum absolute atomic E-state index is 9.71. The van der Waals surface area contributed by atoms with Gasteiger partial charge in [-0.1, -0.05) is 15.9 Å². The quantitative estimate of drug-likeness (QED) is 0.557. The van der Waals surface area contributed by atoms with Crippen molar-refractivity contribution in [1.82, 2.24) is 5.43 Å². The third-order valence-corrected chi connectivity index (χ3v) is 2.36. The Bertz CT molecular complexity index is 307. The van der Waals surface area contributed by atoms with E-state index in [2.05, 4.69) is 21.4 Å². The predicted octanol–water partition coefficient (Wildman–Crippen LogP) is 0.954. The van der Waals surface area contributed by atoms with Gasteiger partial charge in [-0.25, -0.2) is 0 Å². The van der Waals surface area contributed by atoms with Crippen LogP contribution in [-0.4, -0.2) is 18.8 Å². The Kier molecular flexibility index (Phi) is 4.34. The van der Waals surface area contributed by atoms with E-state index in [-0.39, 0.29) is 6.54 Å². The summed E-state index contributed by atoms with van der Waals surface area (Å²) in [5.74, 6) is 5.78. The van der Waals surface area contributed by atoms with Gasteiger partial charge in [0.05, 0.1) is 13.2 Å². The van der Waals surface area contributed by atoms with Crippen molar-refractivity contribution < 1.29 is 9.84 Å². The van der Waals surface area contributed by atoms with Crippen molar-refractivity contribution in [3.05, 3.63) is 28.2 Å². The first-order chi connectivity index (χ1) is 6.69. The highest BCUT2D eigenvalue weighted by Crippen LogP contribution is 2.27. The van der Waals surface area contributed by atoms with Crippen molar-refractivity contribution >= 4 is 15.9 Å². The molecule has 0 saturated heterocycles. The maximum atomic E-state index is 9.71. The Morgan fingerprint density at radius 3 is 2.93 bits per heavy atom. The third kappa shape index (κ3) is 2.68. The molecule has 0 fully saturated rings. The van der Waals surface area contributed by atoms with Crippen LogP contribution in [0.5, 0.6) is 5.75 Å². The summed E-state index contributed by atoms with van der Waals surface area (Å²) in [6.45, 7) is 0.285. The van der Waals surface area contributed by atoms with Crippen LogP contribution >= 0.6 is 15.9 Å². The minimum absolute atomic E-state index is 0.285. The number of hydrogen-bond donors (Lipinski definition) is 3. The molecule has 0 aliphatic carbocycles. The molecule has 78 valence electrons. The Labute approximate surface area is 91.2 Å². The van der Waals surface area contributed by atoms with Crippen molar-refractivity contribution in [3.8, 4) is 5.75 Å². The molecular weight excluding hydrogens is 248 g/mol. The zero-order chi connectivity index (χ0) is 10.6. The van der Waals surface area contributed by atoms with Gasteiger partial charge in [0, 0.05) is 16.6 Å². The fourth-order valence-electron chi connectivity index (χ4n) is 1.19. The second kappa shape index (κ2) is 5.31. The number of methoxy groups -OCH3 is 1.